The van der Waals surface area contributed by atoms with E-state index in [0.29, 0.717) is 18.5 Å². The van der Waals surface area contributed by atoms with Gasteiger partial charge >= 0.3 is 0 Å². The zero-order valence-electron chi connectivity index (χ0n) is 13.0. The lowest BCUT2D eigenvalue weighted by atomic mass is 9.99. The molecule has 2 atom stereocenters. The molecule has 114 valence electrons. The van der Waals surface area contributed by atoms with Crippen LogP contribution in [0.3, 0.4) is 0 Å². The molecule has 1 fully saturated rings. The zero-order valence-corrected chi connectivity index (χ0v) is 13.8. The highest BCUT2D eigenvalue weighted by Crippen LogP contribution is 2.31. The van der Waals surface area contributed by atoms with Crippen LogP contribution in [0.25, 0.3) is 0 Å². The first-order valence-electron chi connectivity index (χ1n) is 7.23. The van der Waals surface area contributed by atoms with E-state index in [0.717, 1.165) is 18.5 Å². The molecule has 0 spiro atoms. The summed E-state index contributed by atoms with van der Waals surface area (Å²) in [5.41, 5.74) is 2.28. The van der Waals surface area contributed by atoms with Gasteiger partial charge in [0.25, 0.3) is 0 Å². The molecule has 0 radical (unpaired) electrons. The molecule has 5 nitrogen and oxygen atoms in total. The number of aromatic nitrogens is 2. The third-order valence-electron chi connectivity index (χ3n) is 4.04. The normalized spacial score (nSPS) is 25.3. The molecule has 2 unspecified atom stereocenters. The van der Waals surface area contributed by atoms with Crippen molar-refractivity contribution in [2.24, 2.45) is 0 Å². The Labute approximate surface area is 122 Å². The minimum absolute atomic E-state index is 0.0354. The van der Waals surface area contributed by atoms with E-state index in [-0.39, 0.29) is 6.04 Å². The maximum atomic E-state index is 11.7. The van der Waals surface area contributed by atoms with Gasteiger partial charge in [0.15, 0.2) is 0 Å². The Morgan fingerprint density at radius 2 is 2.05 bits per heavy atom. The summed E-state index contributed by atoms with van der Waals surface area (Å²) < 4.78 is 27.2. The van der Waals surface area contributed by atoms with Crippen LogP contribution in [0.2, 0.25) is 0 Å². The van der Waals surface area contributed by atoms with Crippen molar-refractivity contribution in [3.05, 3.63) is 17.5 Å². The predicted octanol–water partition coefficient (Wildman–Crippen LogP) is 2.30. The summed E-state index contributed by atoms with van der Waals surface area (Å²) in [5.74, 6) is 0.430. The standard InChI is InChI=1S/C14H25N3O2S/c1-10(2)14-8-11(3)15-17(14)13-6-7-16(12(4)9-13)20(5,18)19/h8,10,12-13H,6-7,9H2,1-5H3. The van der Waals surface area contributed by atoms with Crippen LogP contribution in [0, 0.1) is 6.92 Å². The molecule has 1 saturated heterocycles. The van der Waals surface area contributed by atoms with E-state index in [1.165, 1.54) is 11.9 Å². The topological polar surface area (TPSA) is 55.2 Å². The summed E-state index contributed by atoms with van der Waals surface area (Å²) in [5, 5.41) is 4.63. The molecule has 6 heteroatoms. The minimum Gasteiger partial charge on any atom is -0.266 e. The van der Waals surface area contributed by atoms with E-state index in [1.54, 1.807) is 4.31 Å². The first-order chi connectivity index (χ1) is 9.20. The molecule has 1 aromatic rings. The maximum Gasteiger partial charge on any atom is 0.211 e. The van der Waals surface area contributed by atoms with E-state index >= 15 is 0 Å². The molecule has 2 rings (SSSR count). The van der Waals surface area contributed by atoms with Crippen LogP contribution < -0.4 is 0 Å². The van der Waals surface area contributed by atoms with Crippen LogP contribution >= 0.6 is 0 Å². The highest BCUT2D eigenvalue weighted by molar-refractivity contribution is 7.88. The summed E-state index contributed by atoms with van der Waals surface area (Å²) in [6.45, 7) is 8.92. The van der Waals surface area contributed by atoms with Gasteiger partial charge in [-0.05, 0) is 38.7 Å². The van der Waals surface area contributed by atoms with Crippen molar-refractivity contribution in [2.45, 2.75) is 58.5 Å². The smallest absolute Gasteiger partial charge is 0.211 e. The molecule has 0 aromatic carbocycles. The summed E-state index contributed by atoms with van der Waals surface area (Å²) >= 11 is 0. The molecule has 1 aliphatic rings. The highest BCUT2D eigenvalue weighted by Gasteiger charge is 2.33. The number of rotatable bonds is 3. The summed E-state index contributed by atoms with van der Waals surface area (Å²) in [7, 11) is -3.10. The third kappa shape index (κ3) is 3.06. The lowest BCUT2D eigenvalue weighted by Crippen LogP contribution is -2.44. The monoisotopic (exact) mass is 299 g/mol. The van der Waals surface area contributed by atoms with Crippen molar-refractivity contribution in [1.82, 2.24) is 14.1 Å². The molecule has 0 bridgehead atoms. The van der Waals surface area contributed by atoms with Crippen molar-refractivity contribution in [3.63, 3.8) is 0 Å². The second-order valence-corrected chi connectivity index (χ2v) is 8.15. The number of hydrogen-bond donors (Lipinski definition) is 0. The molecule has 0 aliphatic carbocycles. The van der Waals surface area contributed by atoms with Gasteiger partial charge in [0.05, 0.1) is 18.0 Å². The Morgan fingerprint density at radius 1 is 1.40 bits per heavy atom. The second-order valence-electron chi connectivity index (χ2n) is 6.21. The molecular weight excluding hydrogens is 274 g/mol. The fourth-order valence-corrected chi connectivity index (χ4v) is 4.28. The molecule has 2 heterocycles. The van der Waals surface area contributed by atoms with E-state index in [1.807, 2.05) is 13.8 Å². The molecular formula is C14H25N3O2S. The van der Waals surface area contributed by atoms with Gasteiger partial charge in [0.2, 0.25) is 10.0 Å². The Kier molecular flexibility index (Phi) is 4.25. The van der Waals surface area contributed by atoms with Crippen LogP contribution in [0.4, 0.5) is 0 Å². The van der Waals surface area contributed by atoms with Gasteiger partial charge in [0, 0.05) is 18.3 Å². The maximum absolute atomic E-state index is 11.7. The quantitative estimate of drug-likeness (QED) is 0.860. The van der Waals surface area contributed by atoms with Crippen LogP contribution in [0.5, 0.6) is 0 Å². The van der Waals surface area contributed by atoms with Gasteiger partial charge in [-0.1, -0.05) is 13.8 Å². The Hall–Kier alpha value is -0.880. The van der Waals surface area contributed by atoms with Gasteiger partial charge < -0.3 is 0 Å². The van der Waals surface area contributed by atoms with Crippen LogP contribution in [0.1, 0.15) is 57.0 Å². The Bertz CT molecular complexity index is 577. The van der Waals surface area contributed by atoms with Gasteiger partial charge in [0.1, 0.15) is 0 Å². The van der Waals surface area contributed by atoms with Crippen molar-refractivity contribution >= 4 is 10.0 Å². The van der Waals surface area contributed by atoms with Gasteiger partial charge in [-0.2, -0.15) is 9.40 Å². The number of sulfonamides is 1. The van der Waals surface area contributed by atoms with Gasteiger partial charge in [-0.15, -0.1) is 0 Å². The highest BCUT2D eigenvalue weighted by atomic mass is 32.2. The van der Waals surface area contributed by atoms with Crippen molar-refractivity contribution in [2.75, 3.05) is 12.8 Å². The molecule has 0 saturated carbocycles. The van der Waals surface area contributed by atoms with E-state index in [9.17, 15) is 8.42 Å². The lowest BCUT2D eigenvalue weighted by Gasteiger charge is -2.36. The SMILES string of the molecule is Cc1cc(C(C)C)n(C2CCN(S(C)(=O)=O)C(C)C2)n1. The predicted molar refractivity (Wildman–Crippen MR) is 80.3 cm³/mol. The number of aryl methyl sites for hydroxylation is 1. The molecule has 1 aromatic heterocycles. The number of piperidine rings is 1. The summed E-state index contributed by atoms with van der Waals surface area (Å²) in [6.07, 6.45) is 2.95. The number of nitrogens with zero attached hydrogens (tertiary/aromatic N) is 3. The molecule has 0 amide bonds. The van der Waals surface area contributed by atoms with Crippen LogP contribution in [0.15, 0.2) is 6.07 Å². The van der Waals surface area contributed by atoms with Gasteiger partial charge in [-0.3, -0.25) is 4.68 Å². The molecule has 20 heavy (non-hydrogen) atoms. The first kappa shape index (κ1) is 15.5. The number of hydrogen-bond acceptors (Lipinski definition) is 3. The second kappa shape index (κ2) is 5.48. The minimum atomic E-state index is -3.10. The van der Waals surface area contributed by atoms with Crippen LogP contribution in [-0.4, -0.2) is 41.3 Å². The summed E-state index contributed by atoms with van der Waals surface area (Å²) in [6, 6.07) is 2.47. The average molecular weight is 299 g/mol. The van der Waals surface area contributed by atoms with Crippen LogP contribution in [-0.2, 0) is 10.0 Å². The Morgan fingerprint density at radius 3 is 2.55 bits per heavy atom. The summed E-state index contributed by atoms with van der Waals surface area (Å²) in [4.78, 5) is 0. The third-order valence-corrected chi connectivity index (χ3v) is 5.43. The fourth-order valence-electron chi connectivity index (χ4n) is 3.10. The average Bonchev–Trinajstić information content (AvgIpc) is 2.69. The zero-order chi connectivity index (χ0) is 15.1. The van der Waals surface area contributed by atoms with E-state index < -0.39 is 10.0 Å². The molecule has 1 aliphatic heterocycles. The lowest BCUT2D eigenvalue weighted by molar-refractivity contribution is 0.200. The molecule has 0 N–H and O–H groups in total. The first-order valence-corrected chi connectivity index (χ1v) is 9.08. The van der Waals surface area contributed by atoms with Gasteiger partial charge in [-0.25, -0.2) is 8.42 Å². The van der Waals surface area contributed by atoms with Crippen molar-refractivity contribution in [1.29, 1.82) is 0 Å². The fraction of sp³-hybridized carbons (Fsp3) is 0.786. The largest absolute Gasteiger partial charge is 0.266 e. The van der Waals surface area contributed by atoms with E-state index in [2.05, 4.69) is 29.7 Å². The Balaban J connectivity index is 2.22. The van der Waals surface area contributed by atoms with Crippen molar-refractivity contribution < 1.29 is 8.42 Å². The van der Waals surface area contributed by atoms with E-state index in [4.69, 9.17) is 0 Å². The van der Waals surface area contributed by atoms with Crippen molar-refractivity contribution in [3.8, 4) is 0 Å².